The van der Waals surface area contributed by atoms with Gasteiger partial charge in [0.1, 0.15) is 5.54 Å². The summed E-state index contributed by atoms with van der Waals surface area (Å²) in [5, 5.41) is 6.96. The van der Waals surface area contributed by atoms with E-state index in [-0.39, 0.29) is 5.97 Å². The van der Waals surface area contributed by atoms with Crippen molar-refractivity contribution in [2.45, 2.75) is 71.9 Å². The fourth-order valence-electron chi connectivity index (χ4n) is 2.14. The summed E-state index contributed by atoms with van der Waals surface area (Å²) in [6.07, 6.45) is 5.19. The van der Waals surface area contributed by atoms with Gasteiger partial charge in [-0.1, -0.05) is 37.8 Å². The highest BCUT2D eigenvalue weighted by molar-refractivity contribution is 5.80. The Hall–Kier alpha value is -1.43. The molecular formula is C15H27N3O3. The van der Waals surface area contributed by atoms with Crippen LogP contribution in [0.25, 0.3) is 0 Å². The van der Waals surface area contributed by atoms with E-state index in [4.69, 9.17) is 9.26 Å². The Morgan fingerprint density at radius 2 is 2.10 bits per heavy atom. The fourth-order valence-corrected chi connectivity index (χ4v) is 2.14. The van der Waals surface area contributed by atoms with Gasteiger partial charge < -0.3 is 9.26 Å². The minimum Gasteiger partial charge on any atom is -0.465 e. The number of aromatic nitrogens is 2. The van der Waals surface area contributed by atoms with E-state index in [1.54, 1.807) is 6.92 Å². The van der Waals surface area contributed by atoms with Gasteiger partial charge in [-0.3, -0.25) is 10.1 Å². The lowest BCUT2D eigenvalue weighted by molar-refractivity contribution is -0.151. The number of esters is 1. The minimum absolute atomic E-state index is 0.224. The second-order valence-electron chi connectivity index (χ2n) is 5.45. The lowest BCUT2D eigenvalue weighted by Gasteiger charge is -2.28. The predicted molar refractivity (Wildman–Crippen MR) is 79.7 cm³/mol. The summed E-state index contributed by atoms with van der Waals surface area (Å²) in [4.78, 5) is 16.3. The van der Waals surface area contributed by atoms with Crippen LogP contribution in [0.15, 0.2) is 4.52 Å². The highest BCUT2D eigenvalue weighted by Gasteiger charge is 2.34. The van der Waals surface area contributed by atoms with E-state index < -0.39 is 5.54 Å². The predicted octanol–water partition coefficient (Wildman–Crippen LogP) is 2.76. The summed E-state index contributed by atoms with van der Waals surface area (Å²) < 4.78 is 10.3. The van der Waals surface area contributed by atoms with Gasteiger partial charge >= 0.3 is 5.97 Å². The number of nitrogens with one attached hydrogen (secondary N) is 1. The molecule has 0 aliphatic carbocycles. The molecule has 0 fully saturated rings. The van der Waals surface area contributed by atoms with E-state index >= 15 is 0 Å². The van der Waals surface area contributed by atoms with Gasteiger partial charge in [0.25, 0.3) is 0 Å². The minimum atomic E-state index is -0.716. The van der Waals surface area contributed by atoms with Crippen LogP contribution < -0.4 is 5.32 Å². The summed E-state index contributed by atoms with van der Waals surface area (Å²) in [7, 11) is 0. The highest BCUT2D eigenvalue weighted by Crippen LogP contribution is 2.18. The Morgan fingerprint density at radius 1 is 1.33 bits per heavy atom. The van der Waals surface area contributed by atoms with Gasteiger partial charge in [0.2, 0.25) is 5.89 Å². The first kappa shape index (κ1) is 17.6. The Kier molecular flexibility index (Phi) is 7.36. The molecule has 6 nitrogen and oxygen atoms in total. The van der Waals surface area contributed by atoms with E-state index in [9.17, 15) is 4.79 Å². The normalized spacial score (nSPS) is 13.9. The van der Waals surface area contributed by atoms with Gasteiger partial charge in [-0.2, -0.15) is 4.98 Å². The molecule has 0 aromatic carbocycles. The van der Waals surface area contributed by atoms with Gasteiger partial charge in [0.05, 0.1) is 13.2 Å². The van der Waals surface area contributed by atoms with Crippen molar-refractivity contribution in [3.05, 3.63) is 11.7 Å². The number of hydrogen-bond donors (Lipinski definition) is 1. The maximum Gasteiger partial charge on any atom is 0.326 e. The average Bonchev–Trinajstić information content (AvgIpc) is 2.87. The van der Waals surface area contributed by atoms with Crippen LogP contribution in [0, 0.1) is 6.92 Å². The molecule has 0 aliphatic heterocycles. The second-order valence-corrected chi connectivity index (χ2v) is 5.45. The number of nitrogens with zero attached hydrogens (tertiary/aromatic N) is 2. The highest BCUT2D eigenvalue weighted by atomic mass is 16.5. The third-order valence-electron chi connectivity index (χ3n) is 3.46. The zero-order valence-electron chi connectivity index (χ0n) is 13.6. The molecule has 1 heterocycles. The summed E-state index contributed by atoms with van der Waals surface area (Å²) in [5.41, 5.74) is -0.716. The summed E-state index contributed by atoms with van der Waals surface area (Å²) in [6.45, 7) is 8.37. The van der Waals surface area contributed by atoms with Crippen molar-refractivity contribution >= 4 is 5.97 Å². The number of rotatable bonds is 10. The van der Waals surface area contributed by atoms with Crippen molar-refractivity contribution < 1.29 is 14.1 Å². The zero-order chi connectivity index (χ0) is 15.7. The van der Waals surface area contributed by atoms with Crippen molar-refractivity contribution in [1.29, 1.82) is 0 Å². The standard InChI is InChI=1S/C15H27N3O3/c1-5-7-8-9-10-15(4,14(19)20-6-2)16-11-13-17-12(3)18-21-13/h16H,5-11H2,1-4H3/t15-/m1/s1. The molecule has 1 aromatic rings. The molecule has 0 unspecified atom stereocenters. The molecule has 0 saturated heterocycles. The summed E-state index contributed by atoms with van der Waals surface area (Å²) >= 11 is 0. The lowest BCUT2D eigenvalue weighted by atomic mass is 9.94. The van der Waals surface area contributed by atoms with Gasteiger partial charge in [-0.05, 0) is 27.2 Å². The molecule has 0 bridgehead atoms. The Balaban J connectivity index is 2.59. The fraction of sp³-hybridized carbons (Fsp3) is 0.800. The molecule has 6 heteroatoms. The average molecular weight is 297 g/mol. The first-order chi connectivity index (χ1) is 10.0. The number of carbonyl (C=O) groups is 1. The van der Waals surface area contributed by atoms with Crippen molar-refractivity contribution in [3.63, 3.8) is 0 Å². The van der Waals surface area contributed by atoms with Crippen LogP contribution in [0.4, 0.5) is 0 Å². The molecule has 1 atom stereocenters. The second kappa shape index (κ2) is 8.77. The molecule has 1 rings (SSSR count). The van der Waals surface area contributed by atoms with E-state index in [1.165, 1.54) is 12.8 Å². The Bertz CT molecular complexity index is 434. The molecule has 0 amide bonds. The van der Waals surface area contributed by atoms with Gasteiger partial charge in [-0.25, -0.2) is 0 Å². The van der Waals surface area contributed by atoms with Crippen LogP contribution >= 0.6 is 0 Å². The zero-order valence-corrected chi connectivity index (χ0v) is 13.6. The summed E-state index contributed by atoms with van der Waals surface area (Å²) in [6, 6.07) is 0. The van der Waals surface area contributed by atoms with Crippen molar-refractivity contribution in [1.82, 2.24) is 15.5 Å². The number of hydrogen-bond acceptors (Lipinski definition) is 6. The van der Waals surface area contributed by atoms with Crippen molar-refractivity contribution in [2.75, 3.05) is 6.61 Å². The van der Waals surface area contributed by atoms with Crippen LogP contribution in [0.1, 0.15) is 64.6 Å². The molecule has 1 aromatic heterocycles. The SMILES string of the molecule is CCCCCC[C@@](C)(NCc1nc(C)no1)C(=O)OCC. The molecule has 1 N–H and O–H groups in total. The topological polar surface area (TPSA) is 77.3 Å². The van der Waals surface area contributed by atoms with Gasteiger partial charge in [0, 0.05) is 0 Å². The molecule has 0 spiro atoms. The quantitative estimate of drug-likeness (QED) is 0.528. The van der Waals surface area contributed by atoms with Gasteiger partial charge in [-0.15, -0.1) is 0 Å². The van der Waals surface area contributed by atoms with Crippen LogP contribution in [-0.2, 0) is 16.1 Å². The molecule has 0 radical (unpaired) electrons. The van der Waals surface area contributed by atoms with E-state index in [0.717, 1.165) is 19.3 Å². The smallest absolute Gasteiger partial charge is 0.326 e. The van der Waals surface area contributed by atoms with Crippen LogP contribution in [-0.4, -0.2) is 28.3 Å². The molecule has 21 heavy (non-hydrogen) atoms. The number of ether oxygens (including phenoxy) is 1. The largest absolute Gasteiger partial charge is 0.465 e. The molecule has 120 valence electrons. The number of unbranched alkanes of at least 4 members (excludes halogenated alkanes) is 3. The monoisotopic (exact) mass is 297 g/mol. The number of aryl methyl sites for hydroxylation is 1. The van der Waals surface area contributed by atoms with Crippen LogP contribution in [0.5, 0.6) is 0 Å². The Morgan fingerprint density at radius 3 is 2.67 bits per heavy atom. The Labute approximate surface area is 126 Å². The third-order valence-corrected chi connectivity index (χ3v) is 3.46. The third kappa shape index (κ3) is 5.83. The first-order valence-corrected chi connectivity index (χ1v) is 7.73. The van der Waals surface area contributed by atoms with Crippen LogP contribution in [0.2, 0.25) is 0 Å². The van der Waals surface area contributed by atoms with Crippen molar-refractivity contribution in [2.24, 2.45) is 0 Å². The molecular weight excluding hydrogens is 270 g/mol. The van der Waals surface area contributed by atoms with Gasteiger partial charge in [0.15, 0.2) is 5.82 Å². The van der Waals surface area contributed by atoms with Crippen molar-refractivity contribution in [3.8, 4) is 0 Å². The molecule has 0 aliphatic rings. The maximum absolute atomic E-state index is 12.2. The maximum atomic E-state index is 12.2. The summed E-state index contributed by atoms with van der Waals surface area (Å²) in [5.74, 6) is 0.849. The van der Waals surface area contributed by atoms with E-state index in [1.807, 2.05) is 13.8 Å². The number of carbonyl (C=O) groups excluding carboxylic acids is 1. The van der Waals surface area contributed by atoms with E-state index in [2.05, 4.69) is 22.4 Å². The lowest BCUT2D eigenvalue weighted by Crippen LogP contribution is -2.50. The first-order valence-electron chi connectivity index (χ1n) is 7.73. The molecule has 0 saturated carbocycles. The van der Waals surface area contributed by atoms with Crippen LogP contribution in [0.3, 0.4) is 0 Å². The van der Waals surface area contributed by atoms with E-state index in [0.29, 0.717) is 24.9 Å².